The first-order chi connectivity index (χ1) is 14.5. The van der Waals surface area contributed by atoms with E-state index in [1.54, 1.807) is 27.7 Å². The van der Waals surface area contributed by atoms with Crippen molar-refractivity contribution in [2.45, 2.75) is 83.3 Å². The molecule has 3 fully saturated rings. The van der Waals surface area contributed by atoms with Gasteiger partial charge < -0.3 is 34.3 Å². The lowest BCUT2D eigenvalue weighted by atomic mass is 9.98. The minimum Gasteiger partial charge on any atom is -0.353 e. The number of aryl methyl sites for hydroxylation is 1. The van der Waals surface area contributed by atoms with Crippen molar-refractivity contribution in [2.24, 2.45) is 0 Å². The van der Waals surface area contributed by atoms with E-state index in [0.717, 1.165) is 5.56 Å². The number of benzene rings is 1. The fourth-order valence-electron chi connectivity index (χ4n) is 4.08. The van der Waals surface area contributed by atoms with E-state index < -0.39 is 42.3 Å². The highest BCUT2D eigenvalue weighted by atomic mass is 16.9. The van der Waals surface area contributed by atoms with Gasteiger partial charge in [0.1, 0.15) is 18.3 Å². The second kappa shape index (κ2) is 8.14. The number of hydrogen-bond donors (Lipinski definition) is 2. The summed E-state index contributed by atoms with van der Waals surface area (Å²) in [6.45, 7) is 9.27. The van der Waals surface area contributed by atoms with Crippen molar-refractivity contribution in [1.82, 2.24) is 5.32 Å². The second-order valence-corrected chi connectivity index (χ2v) is 9.05. The van der Waals surface area contributed by atoms with Crippen LogP contribution >= 0.6 is 0 Å². The molecule has 1 aromatic carbocycles. The lowest BCUT2D eigenvalue weighted by Gasteiger charge is -2.36. The molecule has 0 radical (unpaired) electrons. The highest BCUT2D eigenvalue weighted by Gasteiger charge is 2.62. The van der Waals surface area contributed by atoms with Crippen molar-refractivity contribution >= 4 is 17.5 Å². The zero-order valence-electron chi connectivity index (χ0n) is 18.5. The molecule has 3 aliphatic rings. The van der Waals surface area contributed by atoms with Gasteiger partial charge in [0.05, 0.1) is 0 Å². The van der Waals surface area contributed by atoms with E-state index in [4.69, 9.17) is 23.7 Å². The van der Waals surface area contributed by atoms with Gasteiger partial charge in [-0.1, -0.05) is 17.7 Å². The maximum absolute atomic E-state index is 12.9. The van der Waals surface area contributed by atoms with Gasteiger partial charge in [0.25, 0.3) is 5.91 Å². The first kappa shape index (κ1) is 22.2. The number of carbonyl (C=O) groups excluding carboxylic acids is 2. The third kappa shape index (κ3) is 4.91. The van der Waals surface area contributed by atoms with E-state index in [0.29, 0.717) is 5.69 Å². The van der Waals surface area contributed by atoms with Crippen molar-refractivity contribution in [1.29, 1.82) is 0 Å². The average Bonchev–Trinajstić information content (AvgIpc) is 3.16. The monoisotopic (exact) mass is 434 g/mol. The predicted octanol–water partition coefficient (Wildman–Crippen LogP) is 1.84. The average molecular weight is 434 g/mol. The normalized spacial score (nSPS) is 32.7. The first-order valence-corrected chi connectivity index (χ1v) is 10.5. The van der Waals surface area contributed by atoms with Crippen LogP contribution < -0.4 is 10.6 Å². The summed E-state index contributed by atoms with van der Waals surface area (Å²) in [5.41, 5.74) is 1.82. The molecule has 0 saturated carbocycles. The van der Waals surface area contributed by atoms with Crippen molar-refractivity contribution in [3.8, 4) is 0 Å². The summed E-state index contributed by atoms with van der Waals surface area (Å²) in [5.74, 6) is -2.31. The Hall–Kier alpha value is -2.04. The number of rotatable bonds is 5. The zero-order chi connectivity index (χ0) is 22.4. The molecule has 0 aromatic heterocycles. The van der Waals surface area contributed by atoms with Gasteiger partial charge in [0.2, 0.25) is 5.91 Å². The van der Waals surface area contributed by atoms with Crippen molar-refractivity contribution < 1.29 is 33.3 Å². The van der Waals surface area contributed by atoms with Crippen LogP contribution in [0.2, 0.25) is 0 Å². The molecule has 0 bridgehead atoms. The molecule has 0 spiro atoms. The molecule has 3 saturated heterocycles. The van der Waals surface area contributed by atoms with Crippen LogP contribution in [0.4, 0.5) is 5.69 Å². The standard InChI is InChI=1S/C22H30N2O7/c1-12-6-8-13(9-7-12)24-14(25)10-11-23-19(26)17-15-16(29-21(2,3)28-15)18-20(27-17)31-22(4,5)30-18/h6-9,15-18,20H,10-11H2,1-5H3,(H,23,26)(H,24,25)/t15-,16+,17+,18-,20+/m1/s1. The number of ether oxygens (including phenoxy) is 5. The molecular formula is C22H30N2O7. The Balaban J connectivity index is 1.34. The van der Waals surface area contributed by atoms with Crippen LogP contribution in [-0.4, -0.2) is 60.6 Å². The third-order valence-electron chi connectivity index (χ3n) is 5.40. The largest absolute Gasteiger partial charge is 0.353 e. The summed E-state index contributed by atoms with van der Waals surface area (Å²) >= 11 is 0. The Morgan fingerprint density at radius 1 is 0.903 bits per heavy atom. The molecule has 3 heterocycles. The minimum atomic E-state index is -0.939. The van der Waals surface area contributed by atoms with Crippen LogP contribution in [0.5, 0.6) is 0 Å². The van der Waals surface area contributed by atoms with Crippen LogP contribution in [0.3, 0.4) is 0 Å². The smallest absolute Gasteiger partial charge is 0.252 e. The van der Waals surface area contributed by atoms with Gasteiger partial charge in [-0.3, -0.25) is 9.59 Å². The summed E-state index contributed by atoms with van der Waals surface area (Å²) in [4.78, 5) is 25.0. The quantitative estimate of drug-likeness (QED) is 0.729. The summed E-state index contributed by atoms with van der Waals surface area (Å²) < 4.78 is 29.6. The van der Waals surface area contributed by atoms with Gasteiger partial charge in [-0.25, -0.2) is 0 Å². The molecule has 2 amide bonds. The molecule has 170 valence electrons. The van der Waals surface area contributed by atoms with Crippen LogP contribution in [0, 0.1) is 6.92 Å². The van der Waals surface area contributed by atoms with Gasteiger partial charge in [0.15, 0.2) is 24.0 Å². The Kier molecular flexibility index (Phi) is 5.82. The highest BCUT2D eigenvalue weighted by molar-refractivity contribution is 5.91. The molecule has 0 aliphatic carbocycles. The summed E-state index contributed by atoms with van der Waals surface area (Å²) in [7, 11) is 0. The molecule has 2 N–H and O–H groups in total. The van der Waals surface area contributed by atoms with Gasteiger partial charge in [0, 0.05) is 18.7 Å². The number of nitrogens with one attached hydrogen (secondary N) is 2. The fourth-order valence-corrected chi connectivity index (χ4v) is 4.08. The summed E-state index contributed by atoms with van der Waals surface area (Å²) in [6.07, 6.45) is -3.19. The van der Waals surface area contributed by atoms with Crippen LogP contribution in [0.25, 0.3) is 0 Å². The van der Waals surface area contributed by atoms with Crippen LogP contribution in [0.1, 0.15) is 39.7 Å². The van der Waals surface area contributed by atoms with E-state index in [-0.39, 0.29) is 24.8 Å². The number of hydrogen-bond acceptors (Lipinski definition) is 7. The predicted molar refractivity (Wildman–Crippen MR) is 110 cm³/mol. The maximum Gasteiger partial charge on any atom is 0.252 e. The Labute approximate surface area is 181 Å². The van der Waals surface area contributed by atoms with E-state index >= 15 is 0 Å². The molecule has 9 nitrogen and oxygen atoms in total. The highest BCUT2D eigenvalue weighted by Crippen LogP contribution is 2.44. The van der Waals surface area contributed by atoms with E-state index in [9.17, 15) is 9.59 Å². The summed E-state index contributed by atoms with van der Waals surface area (Å²) in [6, 6.07) is 7.51. The number of anilines is 1. The molecule has 9 heteroatoms. The Morgan fingerprint density at radius 3 is 2.23 bits per heavy atom. The molecule has 5 atom stereocenters. The summed E-state index contributed by atoms with van der Waals surface area (Å²) in [5, 5.41) is 5.57. The lowest BCUT2D eigenvalue weighted by Crippen LogP contribution is -2.59. The second-order valence-electron chi connectivity index (χ2n) is 9.05. The van der Waals surface area contributed by atoms with Crippen LogP contribution in [-0.2, 0) is 33.3 Å². The SMILES string of the molecule is Cc1ccc(NC(=O)CCNC(=O)[C@H]2O[C@H]3OC(C)(C)O[C@@H]3[C@H]3OC(C)(C)O[C@H]32)cc1. The van der Waals surface area contributed by atoms with E-state index in [1.807, 2.05) is 31.2 Å². The molecule has 31 heavy (non-hydrogen) atoms. The maximum atomic E-state index is 12.9. The minimum absolute atomic E-state index is 0.127. The Bertz CT molecular complexity index is 839. The molecule has 1 aromatic rings. The number of carbonyl (C=O) groups is 2. The van der Waals surface area contributed by atoms with Gasteiger partial charge >= 0.3 is 0 Å². The van der Waals surface area contributed by atoms with Crippen molar-refractivity contribution in [3.63, 3.8) is 0 Å². The van der Waals surface area contributed by atoms with Crippen LogP contribution in [0.15, 0.2) is 24.3 Å². The lowest BCUT2D eigenvalue weighted by molar-refractivity contribution is -0.231. The van der Waals surface area contributed by atoms with Gasteiger partial charge in [-0.05, 0) is 46.8 Å². The number of fused-ring (bicyclic) bond motifs is 3. The van der Waals surface area contributed by atoms with Gasteiger partial charge in [-0.2, -0.15) is 0 Å². The fraction of sp³-hybridized carbons (Fsp3) is 0.636. The topological polar surface area (TPSA) is 104 Å². The first-order valence-electron chi connectivity index (χ1n) is 10.5. The van der Waals surface area contributed by atoms with E-state index in [1.165, 1.54) is 0 Å². The third-order valence-corrected chi connectivity index (χ3v) is 5.40. The molecule has 3 aliphatic heterocycles. The molecule has 4 rings (SSSR count). The molecule has 0 unspecified atom stereocenters. The van der Waals surface area contributed by atoms with E-state index in [2.05, 4.69) is 10.6 Å². The zero-order valence-corrected chi connectivity index (χ0v) is 18.5. The van der Waals surface area contributed by atoms with Gasteiger partial charge in [-0.15, -0.1) is 0 Å². The Morgan fingerprint density at radius 2 is 1.52 bits per heavy atom. The van der Waals surface area contributed by atoms with Crippen molar-refractivity contribution in [2.75, 3.05) is 11.9 Å². The van der Waals surface area contributed by atoms with Crippen molar-refractivity contribution in [3.05, 3.63) is 29.8 Å². The number of amides is 2. The molecular weight excluding hydrogens is 404 g/mol.